The Morgan fingerprint density at radius 3 is 2.47 bits per heavy atom. The molecule has 0 fully saturated rings. The zero-order chi connectivity index (χ0) is 24.4. The highest BCUT2D eigenvalue weighted by molar-refractivity contribution is 6.04. The van der Waals surface area contributed by atoms with Gasteiger partial charge in [0.15, 0.2) is 11.5 Å². The fourth-order valence-corrected chi connectivity index (χ4v) is 4.36. The largest absolute Gasteiger partial charge is 0.494 e. The van der Waals surface area contributed by atoms with Crippen LogP contribution in [-0.2, 0) is 11.8 Å². The molecule has 2 N–H and O–H groups in total. The van der Waals surface area contributed by atoms with Gasteiger partial charge in [0.25, 0.3) is 5.91 Å². The van der Waals surface area contributed by atoms with Crippen molar-refractivity contribution in [3.8, 4) is 17.2 Å². The number of nitrogens with zero attached hydrogens (tertiary/aromatic N) is 2. The fraction of sp³-hybridized carbons (Fsp3) is 0.320. The number of anilines is 1. The molecule has 9 heteroatoms. The second kappa shape index (κ2) is 9.46. The monoisotopic (exact) mass is 464 g/mol. The van der Waals surface area contributed by atoms with E-state index in [-0.39, 0.29) is 5.91 Å². The van der Waals surface area contributed by atoms with Gasteiger partial charge in [0, 0.05) is 24.1 Å². The van der Waals surface area contributed by atoms with Gasteiger partial charge in [0.05, 0.1) is 26.5 Å². The lowest BCUT2D eigenvalue weighted by Crippen LogP contribution is -2.50. The van der Waals surface area contributed by atoms with Gasteiger partial charge in [0.1, 0.15) is 17.6 Å². The van der Waals surface area contributed by atoms with E-state index in [9.17, 15) is 9.59 Å². The number of aryl methyl sites for hydroxylation is 2. The third-order valence-corrected chi connectivity index (χ3v) is 5.92. The molecule has 0 saturated heterocycles. The third-order valence-electron chi connectivity index (χ3n) is 5.92. The highest BCUT2D eigenvalue weighted by Gasteiger charge is 2.41. The standard InChI is InChI=1S/C25H28N4O5/c1-6-34-17-10-7-15(8-11-17)21-20-14(2)28-29(3)23(20)27-25(31)22(21)26-24(30)16-9-12-18(32-4)19(13-16)33-5/h7-13,21-22H,6H2,1-5H3,(H,26,30)(H,27,31)/t21-,22+/m1/s1. The van der Waals surface area contributed by atoms with Crippen molar-refractivity contribution < 1.29 is 23.8 Å². The van der Waals surface area contributed by atoms with E-state index < -0.39 is 17.9 Å². The molecule has 0 spiro atoms. The predicted octanol–water partition coefficient (Wildman–Crippen LogP) is 3.03. The number of amides is 2. The summed E-state index contributed by atoms with van der Waals surface area (Å²) in [5.74, 6) is 1.15. The first-order chi connectivity index (χ1) is 16.4. The Hall–Kier alpha value is -4.01. The maximum absolute atomic E-state index is 13.2. The van der Waals surface area contributed by atoms with Gasteiger partial charge in [-0.1, -0.05) is 12.1 Å². The topological polar surface area (TPSA) is 104 Å². The van der Waals surface area contributed by atoms with E-state index >= 15 is 0 Å². The average molecular weight is 465 g/mol. The summed E-state index contributed by atoms with van der Waals surface area (Å²) in [6, 6.07) is 11.6. The molecule has 0 bridgehead atoms. The molecule has 2 atom stereocenters. The summed E-state index contributed by atoms with van der Waals surface area (Å²) in [4.78, 5) is 26.4. The Labute approximate surface area is 198 Å². The van der Waals surface area contributed by atoms with Crippen LogP contribution in [0.1, 0.15) is 40.0 Å². The van der Waals surface area contributed by atoms with Gasteiger partial charge in [-0.05, 0) is 49.7 Å². The first kappa shape index (κ1) is 23.2. The summed E-state index contributed by atoms with van der Waals surface area (Å²) in [6.07, 6.45) is 0. The number of ether oxygens (including phenoxy) is 3. The number of carbonyl (C=O) groups is 2. The van der Waals surface area contributed by atoms with E-state index in [2.05, 4.69) is 15.7 Å². The van der Waals surface area contributed by atoms with Crippen LogP contribution in [0.25, 0.3) is 0 Å². The van der Waals surface area contributed by atoms with Crippen LogP contribution in [0, 0.1) is 6.92 Å². The Balaban J connectivity index is 1.73. The van der Waals surface area contributed by atoms with E-state index in [1.54, 1.807) is 29.9 Å². The van der Waals surface area contributed by atoms with Crippen molar-refractivity contribution >= 4 is 17.6 Å². The van der Waals surface area contributed by atoms with Gasteiger partial charge in [-0.2, -0.15) is 5.10 Å². The van der Waals surface area contributed by atoms with Crippen molar-refractivity contribution in [1.82, 2.24) is 15.1 Å². The minimum absolute atomic E-state index is 0.316. The molecular weight excluding hydrogens is 436 g/mol. The number of benzene rings is 2. The average Bonchev–Trinajstić information content (AvgIpc) is 3.12. The van der Waals surface area contributed by atoms with Gasteiger partial charge in [-0.3, -0.25) is 14.3 Å². The number of hydrogen-bond acceptors (Lipinski definition) is 6. The Morgan fingerprint density at radius 2 is 1.82 bits per heavy atom. The van der Waals surface area contributed by atoms with Crippen molar-refractivity contribution in [3.63, 3.8) is 0 Å². The maximum atomic E-state index is 13.2. The Kier molecular flexibility index (Phi) is 6.45. The van der Waals surface area contributed by atoms with Crippen LogP contribution in [0.4, 0.5) is 5.82 Å². The molecule has 178 valence electrons. The highest BCUT2D eigenvalue weighted by atomic mass is 16.5. The molecule has 0 saturated carbocycles. The minimum Gasteiger partial charge on any atom is -0.494 e. The number of methoxy groups -OCH3 is 2. The van der Waals surface area contributed by atoms with E-state index in [0.29, 0.717) is 29.5 Å². The molecule has 0 unspecified atom stereocenters. The third kappa shape index (κ3) is 4.16. The fourth-order valence-electron chi connectivity index (χ4n) is 4.36. The first-order valence-electron chi connectivity index (χ1n) is 11.0. The molecule has 9 nitrogen and oxygen atoms in total. The maximum Gasteiger partial charge on any atom is 0.252 e. The summed E-state index contributed by atoms with van der Waals surface area (Å²) >= 11 is 0. The van der Waals surface area contributed by atoms with Crippen molar-refractivity contribution in [3.05, 3.63) is 64.8 Å². The lowest BCUT2D eigenvalue weighted by molar-refractivity contribution is -0.118. The summed E-state index contributed by atoms with van der Waals surface area (Å²) in [5.41, 5.74) is 2.86. The van der Waals surface area contributed by atoms with Crippen molar-refractivity contribution in [2.24, 2.45) is 7.05 Å². The van der Waals surface area contributed by atoms with Gasteiger partial charge in [0.2, 0.25) is 5.91 Å². The smallest absolute Gasteiger partial charge is 0.252 e. The van der Waals surface area contributed by atoms with Crippen LogP contribution < -0.4 is 24.8 Å². The zero-order valence-corrected chi connectivity index (χ0v) is 19.8. The molecule has 0 aliphatic carbocycles. The van der Waals surface area contributed by atoms with Gasteiger partial charge in [-0.15, -0.1) is 0 Å². The van der Waals surface area contributed by atoms with Crippen molar-refractivity contribution in [2.45, 2.75) is 25.8 Å². The quantitative estimate of drug-likeness (QED) is 0.557. The van der Waals surface area contributed by atoms with Crippen LogP contribution in [0.5, 0.6) is 17.2 Å². The molecule has 1 aliphatic rings. The normalized spacial score (nSPS) is 16.9. The molecule has 34 heavy (non-hydrogen) atoms. The second-order valence-corrected chi connectivity index (χ2v) is 7.96. The number of hydrogen-bond donors (Lipinski definition) is 2. The molecule has 2 heterocycles. The predicted molar refractivity (Wildman–Crippen MR) is 127 cm³/mol. The number of fused-ring (bicyclic) bond motifs is 1. The van der Waals surface area contributed by atoms with Gasteiger partial charge < -0.3 is 24.8 Å². The number of aromatic nitrogens is 2. The van der Waals surface area contributed by atoms with E-state index in [1.165, 1.54) is 14.2 Å². The first-order valence-corrected chi connectivity index (χ1v) is 11.0. The van der Waals surface area contributed by atoms with Crippen molar-refractivity contribution in [1.29, 1.82) is 0 Å². The Bertz CT molecular complexity index is 1220. The summed E-state index contributed by atoms with van der Waals surface area (Å²) < 4.78 is 17.8. The van der Waals surface area contributed by atoms with Gasteiger partial charge in [-0.25, -0.2) is 0 Å². The van der Waals surface area contributed by atoms with Crippen LogP contribution in [-0.4, -0.2) is 48.5 Å². The number of rotatable bonds is 7. The van der Waals surface area contributed by atoms with Crippen LogP contribution in [0.3, 0.4) is 0 Å². The number of nitrogens with one attached hydrogen (secondary N) is 2. The minimum atomic E-state index is -0.853. The lowest BCUT2D eigenvalue weighted by Gasteiger charge is -2.32. The SMILES string of the molecule is CCOc1ccc([C@@H]2c3c(C)nn(C)c3NC(=O)[C@H]2NC(=O)c2ccc(OC)c(OC)c2)cc1. The molecule has 4 rings (SSSR count). The Morgan fingerprint density at radius 1 is 1.12 bits per heavy atom. The highest BCUT2D eigenvalue weighted by Crippen LogP contribution is 2.40. The summed E-state index contributed by atoms with van der Waals surface area (Å²) in [5, 5.41) is 10.3. The molecule has 0 radical (unpaired) electrons. The van der Waals surface area contributed by atoms with Crippen molar-refractivity contribution in [2.75, 3.05) is 26.1 Å². The van der Waals surface area contributed by atoms with Gasteiger partial charge >= 0.3 is 0 Å². The molecule has 1 aliphatic heterocycles. The lowest BCUT2D eigenvalue weighted by atomic mass is 9.82. The van der Waals surface area contributed by atoms with E-state index in [1.807, 2.05) is 38.1 Å². The molecule has 2 aromatic carbocycles. The van der Waals surface area contributed by atoms with E-state index in [4.69, 9.17) is 14.2 Å². The van der Waals surface area contributed by atoms with Crippen LogP contribution in [0.15, 0.2) is 42.5 Å². The number of carbonyl (C=O) groups excluding carboxylic acids is 2. The molecule has 3 aromatic rings. The molecule has 2 amide bonds. The van der Waals surface area contributed by atoms with E-state index in [0.717, 1.165) is 22.6 Å². The zero-order valence-electron chi connectivity index (χ0n) is 19.8. The molecular formula is C25H28N4O5. The summed E-state index contributed by atoms with van der Waals surface area (Å²) in [6.45, 7) is 4.37. The van der Waals surface area contributed by atoms with Crippen LogP contribution >= 0.6 is 0 Å². The van der Waals surface area contributed by atoms with Crippen LogP contribution in [0.2, 0.25) is 0 Å². The summed E-state index contributed by atoms with van der Waals surface area (Å²) in [7, 11) is 4.81. The molecule has 1 aromatic heterocycles. The second-order valence-electron chi connectivity index (χ2n) is 7.96.